The second-order valence-electron chi connectivity index (χ2n) is 13.0. The molecule has 10 heteroatoms. The van der Waals surface area contributed by atoms with E-state index in [4.69, 9.17) is 21.1 Å². The Kier molecular flexibility index (Phi) is 10.00. The summed E-state index contributed by atoms with van der Waals surface area (Å²) in [6, 6.07) is 11.3. The number of methoxy groups -OCH3 is 1. The van der Waals surface area contributed by atoms with Crippen LogP contribution in [0, 0.1) is 17.8 Å². The van der Waals surface area contributed by atoms with E-state index in [1.807, 2.05) is 19.1 Å². The number of carbonyl (C=O) groups is 1. The molecule has 5 rings (SSSR count). The topological polar surface area (TPSA) is 105 Å². The number of allylic oxidation sites excluding steroid dienone is 1. The van der Waals surface area contributed by atoms with Crippen LogP contribution in [0.1, 0.15) is 67.9 Å². The number of aliphatic hydroxyl groups is 1. The Morgan fingerprint density at radius 2 is 1.98 bits per heavy atom. The Hall–Kier alpha value is -2.59. The molecule has 240 valence electrons. The molecule has 0 fully saturated rings. The van der Waals surface area contributed by atoms with Gasteiger partial charge < -0.3 is 19.5 Å². The normalized spacial score (nSPS) is 31.4. The van der Waals surface area contributed by atoms with Gasteiger partial charge in [0.1, 0.15) is 11.0 Å². The van der Waals surface area contributed by atoms with Crippen molar-refractivity contribution in [1.82, 2.24) is 4.72 Å². The molecule has 2 N–H and O–H groups in total. The van der Waals surface area contributed by atoms with Gasteiger partial charge in [-0.25, -0.2) is 13.1 Å². The van der Waals surface area contributed by atoms with E-state index in [1.165, 1.54) is 18.2 Å². The van der Waals surface area contributed by atoms with Gasteiger partial charge in [-0.3, -0.25) is 4.79 Å². The number of hydrogen-bond acceptors (Lipinski definition) is 7. The van der Waals surface area contributed by atoms with Gasteiger partial charge in [0.2, 0.25) is 10.0 Å². The van der Waals surface area contributed by atoms with Gasteiger partial charge >= 0.3 is 0 Å². The highest BCUT2D eigenvalue weighted by Gasteiger charge is 2.42. The van der Waals surface area contributed by atoms with Gasteiger partial charge in [-0.05, 0) is 84.9 Å². The number of carbonyl (C=O) groups excluding carboxylic acids is 1. The van der Waals surface area contributed by atoms with E-state index in [2.05, 4.69) is 35.6 Å². The Balaban J connectivity index is 1.60. The number of amides is 1. The van der Waals surface area contributed by atoms with Crippen LogP contribution in [0.5, 0.6) is 5.75 Å². The first kappa shape index (κ1) is 32.8. The molecule has 0 unspecified atom stereocenters. The number of halogens is 1. The minimum absolute atomic E-state index is 0.0302. The lowest BCUT2D eigenvalue weighted by atomic mass is 9.70. The van der Waals surface area contributed by atoms with E-state index in [-0.39, 0.29) is 41.8 Å². The van der Waals surface area contributed by atoms with E-state index in [0.717, 1.165) is 36.4 Å². The van der Waals surface area contributed by atoms with Crippen LogP contribution in [0.2, 0.25) is 5.02 Å². The molecule has 1 aliphatic carbocycles. The zero-order chi connectivity index (χ0) is 31.6. The molecule has 3 aliphatic rings. The molecule has 1 spiro atoms. The smallest absolute Gasteiger partial charge is 0.264 e. The predicted molar refractivity (Wildman–Crippen MR) is 174 cm³/mol. The summed E-state index contributed by atoms with van der Waals surface area (Å²) in [5, 5.41) is 11.1. The molecule has 2 bridgehead atoms. The number of sulfonamides is 1. The van der Waals surface area contributed by atoms with Crippen LogP contribution in [0.3, 0.4) is 0 Å². The Morgan fingerprint density at radius 1 is 1.18 bits per heavy atom. The van der Waals surface area contributed by atoms with Crippen LogP contribution in [0.25, 0.3) is 0 Å². The molecule has 2 aliphatic heterocycles. The summed E-state index contributed by atoms with van der Waals surface area (Å²) < 4.78 is 40.9. The van der Waals surface area contributed by atoms with Crippen LogP contribution < -0.4 is 14.4 Å². The van der Waals surface area contributed by atoms with E-state index in [9.17, 15) is 18.3 Å². The second-order valence-corrected chi connectivity index (χ2v) is 15.4. The number of anilines is 1. The minimum atomic E-state index is -4.06. The number of fused-ring (bicyclic) bond motifs is 3. The first-order valence-corrected chi connectivity index (χ1v) is 17.6. The van der Waals surface area contributed by atoms with Crippen LogP contribution in [-0.2, 0) is 26.6 Å². The number of nitrogens with one attached hydrogen (secondary N) is 1. The summed E-state index contributed by atoms with van der Waals surface area (Å²) in [5.41, 5.74) is 3.15. The zero-order valence-corrected chi connectivity index (χ0v) is 27.7. The molecular weight excluding hydrogens is 600 g/mol. The molecule has 44 heavy (non-hydrogen) atoms. The lowest BCUT2D eigenvalue weighted by Gasteiger charge is -2.42. The molecule has 2 aromatic carbocycles. The fraction of sp³-hybridized carbons (Fsp3) is 0.559. The molecule has 0 aromatic heterocycles. The minimum Gasteiger partial charge on any atom is -0.490 e. The molecular formula is C34H45ClN2O6S. The number of benzene rings is 2. The molecule has 8 nitrogen and oxygen atoms in total. The van der Waals surface area contributed by atoms with Crippen molar-refractivity contribution < 1.29 is 27.8 Å². The van der Waals surface area contributed by atoms with Gasteiger partial charge in [0.25, 0.3) is 5.91 Å². The van der Waals surface area contributed by atoms with Gasteiger partial charge in [-0.1, -0.05) is 57.0 Å². The Morgan fingerprint density at radius 3 is 2.73 bits per heavy atom. The standard InChI is InChI=1S/C34H45ClN2O6S/c1-5-28-23(3)18-37-20-34(14-6-7-24-16-26(35)10-11-29(24)34)21-43-32-13-9-25(17-30(32)37)33(39)36-44(40,41)27(19-42-4)15-22(2)8-12-31(28)38/h8-13,16-17,22-23,27-28,31,38H,5-7,14-15,18-21H2,1-4H3,(H,36,39)/b12-8+/t22-,23+,27+,28-,31+,34+/m1/s1. The first-order valence-electron chi connectivity index (χ1n) is 15.7. The lowest BCUT2D eigenvalue weighted by molar-refractivity contribution is 0.0980. The summed E-state index contributed by atoms with van der Waals surface area (Å²) in [6.07, 6.45) is 6.90. The van der Waals surface area contributed by atoms with Crippen molar-refractivity contribution in [2.24, 2.45) is 17.8 Å². The van der Waals surface area contributed by atoms with E-state index in [0.29, 0.717) is 25.4 Å². The van der Waals surface area contributed by atoms with Crippen molar-refractivity contribution in [3.05, 3.63) is 70.3 Å². The average molecular weight is 645 g/mol. The van der Waals surface area contributed by atoms with Gasteiger partial charge in [-0.15, -0.1) is 0 Å². The summed E-state index contributed by atoms with van der Waals surface area (Å²) >= 11 is 6.40. The first-order chi connectivity index (χ1) is 21.0. The molecule has 6 atom stereocenters. The SMILES string of the molecule is CC[C@H]1[C@@H](O)/C=C/[C@@H](C)C[C@@H](COC)S(=O)(=O)NC(=O)c2ccc3c(c2)N(C[C@@H]1C)C[C@@]1(CCCc2cc(Cl)ccc21)CO3. The molecule has 2 heterocycles. The Labute approximate surface area is 266 Å². The van der Waals surface area contributed by atoms with Crippen molar-refractivity contribution >= 4 is 33.2 Å². The van der Waals surface area contributed by atoms with Crippen molar-refractivity contribution in [3.8, 4) is 5.75 Å². The van der Waals surface area contributed by atoms with E-state index >= 15 is 0 Å². The lowest BCUT2D eigenvalue weighted by Crippen LogP contribution is -2.47. The maximum atomic E-state index is 13.5. The monoisotopic (exact) mass is 644 g/mol. The quantitative estimate of drug-likeness (QED) is 0.425. The fourth-order valence-corrected chi connectivity index (χ4v) is 9.01. The van der Waals surface area contributed by atoms with Crippen LogP contribution in [0.15, 0.2) is 48.6 Å². The maximum Gasteiger partial charge on any atom is 0.264 e. The number of aryl methyl sites for hydroxylation is 1. The largest absolute Gasteiger partial charge is 0.490 e. The van der Waals surface area contributed by atoms with E-state index in [1.54, 1.807) is 24.3 Å². The Bertz CT molecular complexity index is 1500. The number of hydrogen-bond donors (Lipinski definition) is 2. The summed E-state index contributed by atoms with van der Waals surface area (Å²) in [5.74, 6) is -0.132. The highest BCUT2D eigenvalue weighted by molar-refractivity contribution is 7.90. The zero-order valence-electron chi connectivity index (χ0n) is 26.1. The van der Waals surface area contributed by atoms with Crippen LogP contribution >= 0.6 is 11.6 Å². The third-order valence-electron chi connectivity index (χ3n) is 9.75. The highest BCUT2D eigenvalue weighted by Crippen LogP contribution is 2.45. The third kappa shape index (κ3) is 6.81. The van der Waals surface area contributed by atoms with Gasteiger partial charge in [0.15, 0.2) is 0 Å². The van der Waals surface area contributed by atoms with Crippen molar-refractivity contribution in [2.45, 2.75) is 69.6 Å². The van der Waals surface area contributed by atoms with Gasteiger partial charge in [-0.2, -0.15) is 0 Å². The van der Waals surface area contributed by atoms with Crippen molar-refractivity contribution in [3.63, 3.8) is 0 Å². The summed E-state index contributed by atoms with van der Waals surface area (Å²) in [6.45, 7) is 7.86. The number of aliphatic hydroxyl groups excluding tert-OH is 1. The molecule has 2 aromatic rings. The maximum absolute atomic E-state index is 13.5. The average Bonchev–Trinajstić information content (AvgIpc) is 3.12. The predicted octanol–water partition coefficient (Wildman–Crippen LogP) is 5.51. The molecule has 1 amide bonds. The molecule has 0 radical (unpaired) electrons. The molecule has 0 saturated carbocycles. The molecule has 0 saturated heterocycles. The fourth-order valence-electron chi connectivity index (χ4n) is 7.40. The van der Waals surface area contributed by atoms with Crippen molar-refractivity contribution in [2.75, 3.05) is 38.3 Å². The number of rotatable bonds is 3. The number of ether oxygens (including phenoxy) is 2. The second kappa shape index (κ2) is 13.4. The van der Waals surface area contributed by atoms with Crippen LogP contribution in [-0.4, -0.2) is 64.2 Å². The van der Waals surface area contributed by atoms with Gasteiger partial charge in [0, 0.05) is 36.2 Å². The van der Waals surface area contributed by atoms with Gasteiger partial charge in [0.05, 0.1) is 25.0 Å². The van der Waals surface area contributed by atoms with Crippen LogP contribution in [0.4, 0.5) is 5.69 Å². The van der Waals surface area contributed by atoms with E-state index < -0.39 is 27.3 Å². The highest BCUT2D eigenvalue weighted by atomic mass is 35.5. The van der Waals surface area contributed by atoms with Crippen molar-refractivity contribution in [1.29, 1.82) is 0 Å². The third-order valence-corrected chi connectivity index (χ3v) is 11.7. The summed E-state index contributed by atoms with van der Waals surface area (Å²) in [4.78, 5) is 15.8. The summed E-state index contributed by atoms with van der Waals surface area (Å²) in [7, 11) is -2.61. The number of nitrogens with zero attached hydrogens (tertiary/aromatic N) is 1.